The van der Waals surface area contributed by atoms with Crippen molar-refractivity contribution in [1.82, 2.24) is 0 Å². The minimum Gasteiger partial charge on any atom is -0.407 e. The maximum Gasteiger partial charge on any atom is 0.530 e. The predicted molar refractivity (Wildman–Crippen MR) is 71.0 cm³/mol. The van der Waals surface area contributed by atoms with Crippen molar-refractivity contribution >= 4 is 41.4 Å². The lowest BCUT2D eigenvalue weighted by Gasteiger charge is -2.14. The second-order valence-corrected chi connectivity index (χ2v) is 6.09. The molecule has 1 unspecified atom stereocenters. The Kier molecular flexibility index (Phi) is 5.68. The molecule has 0 aromatic heterocycles. The number of alkyl halides is 1. The summed E-state index contributed by atoms with van der Waals surface area (Å²) in [4.78, 5) is 0. The summed E-state index contributed by atoms with van der Waals surface area (Å²) in [5.41, 5.74) is 2.10. The van der Waals surface area contributed by atoms with E-state index >= 15 is 0 Å². The quantitative estimate of drug-likeness (QED) is 0.433. The fourth-order valence-electron chi connectivity index (χ4n) is 0.957. The van der Waals surface area contributed by atoms with Gasteiger partial charge in [-0.15, -0.1) is 11.6 Å². The van der Waals surface area contributed by atoms with Gasteiger partial charge in [0.05, 0.1) is 5.88 Å². The van der Waals surface area contributed by atoms with Crippen molar-refractivity contribution < 1.29 is 13.6 Å². The number of hydrogen-bond donors (Lipinski definition) is 0. The molecule has 0 aliphatic rings. The Morgan fingerprint density at radius 2 is 2.00 bits per heavy atom. The van der Waals surface area contributed by atoms with Crippen LogP contribution < -0.4 is 4.52 Å². The van der Waals surface area contributed by atoms with E-state index in [9.17, 15) is 4.57 Å². The average molecular weight is 316 g/mol. The van der Waals surface area contributed by atoms with Crippen LogP contribution in [0.5, 0.6) is 5.75 Å². The van der Waals surface area contributed by atoms with Crippen LogP contribution in [0.4, 0.5) is 0 Å². The molecule has 17 heavy (non-hydrogen) atoms. The lowest BCUT2D eigenvalue weighted by Crippen LogP contribution is -1.94. The third-order valence-corrected chi connectivity index (χ3v) is 3.52. The minimum absolute atomic E-state index is 0.0442. The standard InChI is InChI=1S/C10H10Cl3O3P/c1-8-2-4-9(5-3-8)15-17(13,14)16-10(6-11)7-12/h2-6H,7H2,1H3/b10-6-. The van der Waals surface area contributed by atoms with Crippen molar-refractivity contribution in [3.05, 3.63) is 41.1 Å². The van der Waals surface area contributed by atoms with Crippen molar-refractivity contribution in [2.75, 3.05) is 5.88 Å². The van der Waals surface area contributed by atoms with Crippen LogP contribution in [0.15, 0.2) is 35.6 Å². The van der Waals surface area contributed by atoms with Crippen LogP contribution in [0.3, 0.4) is 0 Å². The van der Waals surface area contributed by atoms with Gasteiger partial charge in [-0.1, -0.05) is 29.3 Å². The molecule has 1 rings (SSSR count). The molecular weight excluding hydrogens is 305 g/mol. The summed E-state index contributed by atoms with van der Waals surface area (Å²) in [6, 6.07) is 6.87. The second-order valence-electron chi connectivity index (χ2n) is 3.14. The van der Waals surface area contributed by atoms with Crippen molar-refractivity contribution in [3.8, 4) is 5.75 Å². The summed E-state index contributed by atoms with van der Waals surface area (Å²) in [5.74, 6) is 0.383. The monoisotopic (exact) mass is 314 g/mol. The maximum atomic E-state index is 11.8. The first-order valence-corrected chi connectivity index (χ1v) is 7.99. The summed E-state index contributed by atoms with van der Waals surface area (Å²) < 4.78 is 21.7. The van der Waals surface area contributed by atoms with E-state index in [-0.39, 0.29) is 11.6 Å². The molecule has 0 saturated heterocycles. The second kappa shape index (κ2) is 6.55. The average Bonchev–Trinajstić information content (AvgIpc) is 2.29. The van der Waals surface area contributed by atoms with Crippen LogP contribution in [-0.2, 0) is 9.09 Å². The van der Waals surface area contributed by atoms with Gasteiger partial charge in [0.1, 0.15) is 11.5 Å². The molecule has 94 valence electrons. The van der Waals surface area contributed by atoms with Gasteiger partial charge in [0.2, 0.25) is 0 Å². The molecule has 1 aromatic rings. The predicted octanol–water partition coefficient (Wildman–Crippen LogP) is 5.06. The van der Waals surface area contributed by atoms with E-state index in [1.165, 1.54) is 0 Å². The van der Waals surface area contributed by atoms with Crippen LogP contribution >= 0.6 is 41.4 Å². The largest absolute Gasteiger partial charge is 0.530 e. The van der Waals surface area contributed by atoms with Gasteiger partial charge in [-0.3, -0.25) is 0 Å². The third kappa shape index (κ3) is 5.22. The van der Waals surface area contributed by atoms with Crippen LogP contribution in [0, 0.1) is 6.92 Å². The van der Waals surface area contributed by atoms with Crippen LogP contribution in [0.2, 0.25) is 0 Å². The summed E-state index contributed by atoms with van der Waals surface area (Å²) in [6.45, 7) is -1.86. The molecule has 1 aromatic carbocycles. The molecule has 0 saturated carbocycles. The number of rotatable bonds is 5. The van der Waals surface area contributed by atoms with Gasteiger partial charge in [0, 0.05) is 16.8 Å². The van der Waals surface area contributed by atoms with E-state index in [0.717, 1.165) is 11.1 Å². The van der Waals surface area contributed by atoms with Crippen molar-refractivity contribution in [2.45, 2.75) is 6.92 Å². The molecule has 1 atom stereocenters. The molecule has 7 heteroatoms. The zero-order valence-electron chi connectivity index (χ0n) is 8.90. The topological polar surface area (TPSA) is 35.5 Å². The summed E-state index contributed by atoms with van der Waals surface area (Å²) in [7, 11) is 0. The molecule has 0 heterocycles. The Morgan fingerprint density at radius 3 is 2.47 bits per heavy atom. The highest BCUT2D eigenvalue weighted by molar-refractivity contribution is 7.81. The van der Waals surface area contributed by atoms with Crippen molar-refractivity contribution in [3.63, 3.8) is 0 Å². The number of allylic oxidation sites excluding steroid dienone is 1. The van der Waals surface area contributed by atoms with Gasteiger partial charge in [-0.2, -0.15) is 0 Å². The van der Waals surface area contributed by atoms with Gasteiger partial charge in [0.15, 0.2) is 0 Å². The minimum atomic E-state index is -3.78. The Bertz CT molecular complexity index is 445. The van der Waals surface area contributed by atoms with E-state index in [4.69, 9.17) is 43.5 Å². The highest BCUT2D eigenvalue weighted by Gasteiger charge is 2.25. The zero-order chi connectivity index (χ0) is 12.9. The van der Waals surface area contributed by atoms with Gasteiger partial charge in [-0.05, 0) is 19.1 Å². The van der Waals surface area contributed by atoms with Gasteiger partial charge >= 0.3 is 6.95 Å². The van der Waals surface area contributed by atoms with Crippen molar-refractivity contribution in [1.29, 1.82) is 0 Å². The van der Waals surface area contributed by atoms with Crippen LogP contribution in [0.1, 0.15) is 5.56 Å². The number of aryl methyl sites for hydroxylation is 1. The summed E-state index contributed by atoms with van der Waals surface area (Å²) in [5, 5.41) is 0. The number of benzene rings is 1. The first kappa shape index (κ1) is 14.7. The first-order valence-electron chi connectivity index (χ1n) is 4.57. The molecule has 0 N–H and O–H groups in total. The lowest BCUT2D eigenvalue weighted by molar-refractivity contribution is 0.351. The zero-order valence-corrected chi connectivity index (χ0v) is 12.1. The fraction of sp³-hybridized carbons (Fsp3) is 0.200. The fourth-order valence-corrected chi connectivity index (χ4v) is 2.74. The lowest BCUT2D eigenvalue weighted by atomic mass is 10.2. The summed E-state index contributed by atoms with van der Waals surface area (Å²) >= 11 is 16.5. The highest BCUT2D eigenvalue weighted by Crippen LogP contribution is 2.55. The van der Waals surface area contributed by atoms with Gasteiger partial charge < -0.3 is 9.05 Å². The first-order chi connectivity index (χ1) is 7.96. The Labute approximate surface area is 115 Å². The Balaban J connectivity index is 2.72. The van der Waals surface area contributed by atoms with E-state index in [1.54, 1.807) is 24.3 Å². The number of halogens is 3. The SMILES string of the molecule is Cc1ccc(OP(=O)(Cl)O/C(=C\Cl)CCl)cc1. The van der Waals surface area contributed by atoms with Crippen molar-refractivity contribution in [2.24, 2.45) is 0 Å². The normalized spacial score (nSPS) is 15.2. The molecule has 0 spiro atoms. The van der Waals surface area contributed by atoms with E-state index in [0.29, 0.717) is 5.75 Å². The molecule has 0 radical (unpaired) electrons. The smallest absolute Gasteiger partial charge is 0.407 e. The Morgan fingerprint density at radius 1 is 1.41 bits per heavy atom. The van der Waals surface area contributed by atoms with E-state index in [1.807, 2.05) is 6.92 Å². The van der Waals surface area contributed by atoms with E-state index < -0.39 is 6.95 Å². The van der Waals surface area contributed by atoms with Gasteiger partial charge in [0.25, 0.3) is 0 Å². The molecule has 0 amide bonds. The highest BCUT2D eigenvalue weighted by atomic mass is 35.7. The molecule has 3 nitrogen and oxygen atoms in total. The van der Waals surface area contributed by atoms with Crippen LogP contribution in [0.25, 0.3) is 0 Å². The third-order valence-electron chi connectivity index (χ3n) is 1.72. The molecule has 0 aliphatic carbocycles. The maximum absolute atomic E-state index is 11.8. The molecule has 0 fully saturated rings. The summed E-state index contributed by atoms with van der Waals surface area (Å²) in [6.07, 6.45) is 0. The van der Waals surface area contributed by atoms with Gasteiger partial charge in [-0.25, -0.2) is 4.57 Å². The number of hydrogen-bond acceptors (Lipinski definition) is 3. The molecule has 0 bridgehead atoms. The Hall–Kier alpha value is -0.340. The molecular formula is C10H10Cl3O3P. The van der Waals surface area contributed by atoms with Crippen LogP contribution in [-0.4, -0.2) is 5.88 Å². The molecule has 0 aliphatic heterocycles. The van der Waals surface area contributed by atoms with E-state index in [2.05, 4.69) is 0 Å².